The minimum absolute atomic E-state index is 0.172. The maximum absolute atomic E-state index is 5.68. The van der Waals surface area contributed by atoms with E-state index in [0.29, 0.717) is 6.61 Å². The molecule has 2 atom stereocenters. The Morgan fingerprint density at radius 2 is 2.39 bits per heavy atom. The molecule has 1 aromatic rings. The van der Waals surface area contributed by atoms with Gasteiger partial charge < -0.3 is 20.1 Å². The van der Waals surface area contributed by atoms with Crippen LogP contribution in [0.25, 0.3) is 0 Å². The van der Waals surface area contributed by atoms with Crippen molar-refractivity contribution in [3.8, 4) is 5.75 Å². The molecule has 0 amide bonds. The summed E-state index contributed by atoms with van der Waals surface area (Å²) in [4.78, 5) is 4.34. The van der Waals surface area contributed by atoms with E-state index >= 15 is 0 Å². The average molecular weight is 251 g/mol. The molecule has 1 fully saturated rings. The summed E-state index contributed by atoms with van der Waals surface area (Å²) in [5.41, 5.74) is 0. The van der Waals surface area contributed by atoms with Crippen LogP contribution in [-0.4, -0.2) is 43.9 Å². The topological polar surface area (TPSA) is 55.4 Å². The second-order valence-electron chi connectivity index (χ2n) is 4.38. The molecule has 0 bridgehead atoms. The number of rotatable bonds is 6. The minimum Gasteiger partial charge on any atom is -0.490 e. The number of ether oxygens (including phenoxy) is 2. The van der Waals surface area contributed by atoms with E-state index in [4.69, 9.17) is 9.47 Å². The molecule has 2 heterocycles. The van der Waals surface area contributed by atoms with Crippen molar-refractivity contribution in [2.24, 2.45) is 0 Å². The van der Waals surface area contributed by atoms with Crippen molar-refractivity contribution in [1.82, 2.24) is 10.3 Å². The molecule has 5 heteroatoms. The SMILES string of the molecule is CCCOc1cccnc1NC1CNC[C@@H]1OC. The lowest BCUT2D eigenvalue weighted by Gasteiger charge is -2.20. The molecule has 1 aliphatic rings. The van der Waals surface area contributed by atoms with Gasteiger partial charge >= 0.3 is 0 Å². The molecule has 1 unspecified atom stereocenters. The first-order chi connectivity index (χ1) is 8.85. The second kappa shape index (κ2) is 6.56. The zero-order valence-electron chi connectivity index (χ0n) is 11.0. The average Bonchev–Trinajstić information content (AvgIpc) is 2.85. The van der Waals surface area contributed by atoms with Crippen molar-refractivity contribution in [1.29, 1.82) is 0 Å². The molecule has 1 saturated heterocycles. The van der Waals surface area contributed by atoms with Gasteiger partial charge in [-0.2, -0.15) is 0 Å². The largest absolute Gasteiger partial charge is 0.490 e. The van der Waals surface area contributed by atoms with Gasteiger partial charge in [-0.05, 0) is 18.6 Å². The van der Waals surface area contributed by atoms with Crippen molar-refractivity contribution in [2.75, 3.05) is 32.1 Å². The van der Waals surface area contributed by atoms with Crippen molar-refractivity contribution in [2.45, 2.75) is 25.5 Å². The van der Waals surface area contributed by atoms with Gasteiger partial charge in [-0.15, -0.1) is 0 Å². The normalized spacial score (nSPS) is 23.0. The molecule has 0 spiro atoms. The van der Waals surface area contributed by atoms with E-state index < -0.39 is 0 Å². The third-order valence-corrected chi connectivity index (χ3v) is 3.02. The molecule has 2 N–H and O–H groups in total. The number of methoxy groups -OCH3 is 1. The Hall–Kier alpha value is -1.33. The molecule has 100 valence electrons. The third kappa shape index (κ3) is 3.11. The molecule has 2 rings (SSSR count). The lowest BCUT2D eigenvalue weighted by Crippen LogP contribution is -2.34. The maximum atomic E-state index is 5.68. The second-order valence-corrected chi connectivity index (χ2v) is 4.38. The van der Waals surface area contributed by atoms with E-state index in [2.05, 4.69) is 22.5 Å². The van der Waals surface area contributed by atoms with Crippen LogP contribution in [0.3, 0.4) is 0 Å². The minimum atomic E-state index is 0.172. The zero-order chi connectivity index (χ0) is 12.8. The molecular weight excluding hydrogens is 230 g/mol. The van der Waals surface area contributed by atoms with Crippen LogP contribution in [0.2, 0.25) is 0 Å². The van der Waals surface area contributed by atoms with Crippen molar-refractivity contribution < 1.29 is 9.47 Å². The Morgan fingerprint density at radius 1 is 1.50 bits per heavy atom. The summed E-state index contributed by atoms with van der Waals surface area (Å²) in [5.74, 6) is 1.60. The molecule has 18 heavy (non-hydrogen) atoms. The number of nitrogens with zero attached hydrogens (tertiary/aromatic N) is 1. The van der Waals surface area contributed by atoms with Crippen LogP contribution in [0.5, 0.6) is 5.75 Å². The Labute approximate surface area is 108 Å². The van der Waals surface area contributed by atoms with Gasteiger partial charge in [0.1, 0.15) is 0 Å². The highest BCUT2D eigenvalue weighted by Crippen LogP contribution is 2.23. The van der Waals surface area contributed by atoms with Crippen LogP contribution in [0, 0.1) is 0 Å². The summed E-state index contributed by atoms with van der Waals surface area (Å²) >= 11 is 0. The van der Waals surface area contributed by atoms with E-state index in [1.165, 1.54) is 0 Å². The van der Waals surface area contributed by atoms with E-state index in [9.17, 15) is 0 Å². The molecule has 0 radical (unpaired) electrons. The van der Waals surface area contributed by atoms with Gasteiger partial charge in [0.2, 0.25) is 0 Å². The lowest BCUT2D eigenvalue weighted by atomic mass is 10.2. The predicted octanol–water partition coefficient (Wildman–Crippen LogP) is 1.27. The molecule has 0 aliphatic carbocycles. The summed E-state index contributed by atoms with van der Waals surface area (Å²) in [6.07, 6.45) is 2.93. The van der Waals surface area contributed by atoms with Crippen LogP contribution < -0.4 is 15.4 Å². The first-order valence-electron chi connectivity index (χ1n) is 6.43. The molecule has 1 aliphatic heterocycles. The lowest BCUT2D eigenvalue weighted by molar-refractivity contribution is 0.111. The van der Waals surface area contributed by atoms with Crippen LogP contribution in [0.15, 0.2) is 18.3 Å². The number of anilines is 1. The van der Waals surface area contributed by atoms with E-state index in [0.717, 1.165) is 31.1 Å². The highest BCUT2D eigenvalue weighted by molar-refractivity contribution is 5.50. The fourth-order valence-corrected chi connectivity index (χ4v) is 2.05. The molecule has 5 nitrogen and oxygen atoms in total. The number of hydrogen-bond donors (Lipinski definition) is 2. The third-order valence-electron chi connectivity index (χ3n) is 3.02. The van der Waals surface area contributed by atoms with Gasteiger partial charge in [0, 0.05) is 26.4 Å². The maximum Gasteiger partial charge on any atom is 0.169 e. The zero-order valence-corrected chi connectivity index (χ0v) is 11.0. The first kappa shape index (κ1) is 13.1. The Balaban J connectivity index is 2.03. The quantitative estimate of drug-likeness (QED) is 0.797. The fourth-order valence-electron chi connectivity index (χ4n) is 2.05. The van der Waals surface area contributed by atoms with Crippen LogP contribution in [0.4, 0.5) is 5.82 Å². The van der Waals surface area contributed by atoms with Gasteiger partial charge in [-0.1, -0.05) is 6.92 Å². The smallest absolute Gasteiger partial charge is 0.169 e. The van der Waals surface area contributed by atoms with Gasteiger partial charge in [-0.3, -0.25) is 0 Å². The van der Waals surface area contributed by atoms with Crippen molar-refractivity contribution in [3.63, 3.8) is 0 Å². The first-order valence-corrected chi connectivity index (χ1v) is 6.43. The van der Waals surface area contributed by atoms with E-state index in [1.54, 1.807) is 13.3 Å². The Bertz CT molecular complexity index is 373. The fraction of sp³-hybridized carbons (Fsp3) is 0.615. The number of hydrogen-bond acceptors (Lipinski definition) is 5. The number of nitrogens with one attached hydrogen (secondary N) is 2. The summed E-state index contributed by atoms with van der Waals surface area (Å²) in [7, 11) is 1.74. The summed E-state index contributed by atoms with van der Waals surface area (Å²) in [5, 5.41) is 6.70. The molecule has 0 saturated carbocycles. The molecule has 0 aromatic carbocycles. The van der Waals surface area contributed by atoms with Gasteiger partial charge in [0.15, 0.2) is 11.6 Å². The number of pyridine rings is 1. The Kier molecular flexibility index (Phi) is 4.78. The Morgan fingerprint density at radius 3 is 3.17 bits per heavy atom. The van der Waals surface area contributed by atoms with Crippen molar-refractivity contribution >= 4 is 5.82 Å². The monoisotopic (exact) mass is 251 g/mol. The van der Waals surface area contributed by atoms with Crippen LogP contribution in [0.1, 0.15) is 13.3 Å². The summed E-state index contributed by atoms with van der Waals surface area (Å²) in [6, 6.07) is 4.06. The van der Waals surface area contributed by atoms with Crippen LogP contribution >= 0.6 is 0 Å². The molecular formula is C13H21N3O2. The number of aromatic nitrogens is 1. The van der Waals surface area contributed by atoms with E-state index in [1.807, 2.05) is 12.1 Å². The standard InChI is InChI=1S/C13H21N3O2/c1-3-7-18-11-5-4-6-15-13(11)16-10-8-14-9-12(10)17-2/h4-6,10,12,14H,3,7-9H2,1-2H3,(H,15,16)/t10?,12-/m0/s1. The van der Waals surface area contributed by atoms with E-state index in [-0.39, 0.29) is 12.1 Å². The van der Waals surface area contributed by atoms with Crippen molar-refractivity contribution in [3.05, 3.63) is 18.3 Å². The van der Waals surface area contributed by atoms with Gasteiger partial charge in [-0.25, -0.2) is 4.98 Å². The highest BCUT2D eigenvalue weighted by Gasteiger charge is 2.27. The van der Waals surface area contributed by atoms with Gasteiger partial charge in [0.05, 0.1) is 18.8 Å². The summed E-state index contributed by atoms with van der Waals surface area (Å²) in [6.45, 7) is 4.54. The highest BCUT2D eigenvalue weighted by atomic mass is 16.5. The van der Waals surface area contributed by atoms with Crippen LogP contribution in [-0.2, 0) is 4.74 Å². The summed E-state index contributed by atoms with van der Waals surface area (Å²) < 4.78 is 11.1. The van der Waals surface area contributed by atoms with Gasteiger partial charge in [0.25, 0.3) is 0 Å². The molecule has 1 aromatic heterocycles. The predicted molar refractivity (Wildman–Crippen MR) is 71.1 cm³/mol.